The fourth-order valence-electron chi connectivity index (χ4n) is 2.83. The highest BCUT2D eigenvalue weighted by Crippen LogP contribution is 2.28. The van der Waals surface area contributed by atoms with Crippen LogP contribution in [0.4, 0.5) is 0 Å². The van der Waals surface area contributed by atoms with E-state index in [2.05, 4.69) is 6.92 Å². The van der Waals surface area contributed by atoms with Crippen LogP contribution in [-0.2, 0) is 0 Å². The van der Waals surface area contributed by atoms with Crippen molar-refractivity contribution in [3.63, 3.8) is 0 Å². The molecule has 1 aliphatic carbocycles. The van der Waals surface area contributed by atoms with Gasteiger partial charge < -0.3 is 10.0 Å². The number of benzene rings is 1. The number of carbonyl (C=O) groups excluding carboxylic acids is 1. The summed E-state index contributed by atoms with van der Waals surface area (Å²) in [7, 11) is 1.89. The van der Waals surface area contributed by atoms with E-state index in [1.54, 1.807) is 24.3 Å². The monoisotopic (exact) mass is 247 g/mol. The highest BCUT2D eigenvalue weighted by molar-refractivity contribution is 5.94. The molecular formula is C15H21NO2. The summed E-state index contributed by atoms with van der Waals surface area (Å²) in [5.74, 6) is 0.818. The first-order valence-electron chi connectivity index (χ1n) is 6.66. The van der Waals surface area contributed by atoms with Crippen LogP contribution in [0.15, 0.2) is 24.3 Å². The maximum Gasteiger partial charge on any atom is 0.253 e. The third kappa shape index (κ3) is 2.66. The zero-order valence-corrected chi connectivity index (χ0v) is 11.1. The Labute approximate surface area is 108 Å². The molecule has 98 valence electrons. The first-order valence-corrected chi connectivity index (χ1v) is 6.66. The van der Waals surface area contributed by atoms with Crippen molar-refractivity contribution in [2.24, 2.45) is 5.92 Å². The number of nitrogens with zero attached hydrogens (tertiary/aromatic N) is 1. The Kier molecular flexibility index (Phi) is 3.90. The molecule has 0 spiro atoms. The Morgan fingerprint density at radius 1 is 1.22 bits per heavy atom. The molecule has 1 saturated carbocycles. The molecule has 0 heterocycles. The van der Waals surface area contributed by atoms with Gasteiger partial charge in [-0.05, 0) is 43.0 Å². The van der Waals surface area contributed by atoms with Crippen molar-refractivity contribution < 1.29 is 9.90 Å². The average Bonchev–Trinajstić information content (AvgIpc) is 2.38. The van der Waals surface area contributed by atoms with Gasteiger partial charge in [0.1, 0.15) is 5.75 Å². The van der Waals surface area contributed by atoms with Gasteiger partial charge in [-0.2, -0.15) is 0 Å². The third-order valence-corrected chi connectivity index (χ3v) is 4.00. The lowest BCUT2D eigenvalue weighted by Gasteiger charge is -2.36. The maximum atomic E-state index is 12.3. The number of phenolic OH excluding ortho intramolecular Hbond substituents is 1. The van der Waals surface area contributed by atoms with Crippen LogP contribution in [-0.4, -0.2) is 29.0 Å². The van der Waals surface area contributed by atoms with Crippen molar-refractivity contribution in [3.05, 3.63) is 29.8 Å². The van der Waals surface area contributed by atoms with Gasteiger partial charge in [0.05, 0.1) is 0 Å². The van der Waals surface area contributed by atoms with Gasteiger partial charge in [-0.3, -0.25) is 4.79 Å². The number of rotatable bonds is 2. The van der Waals surface area contributed by atoms with Crippen LogP contribution in [0.5, 0.6) is 5.75 Å². The Morgan fingerprint density at radius 2 is 1.83 bits per heavy atom. The second kappa shape index (κ2) is 5.42. The zero-order valence-electron chi connectivity index (χ0n) is 11.1. The van der Waals surface area contributed by atoms with Crippen molar-refractivity contribution in [1.29, 1.82) is 0 Å². The standard InChI is InChI=1S/C15H21NO2/c1-11-5-3-4-6-14(11)16(2)15(18)12-7-9-13(17)10-8-12/h7-11,14,17H,3-6H2,1-2H3. The molecule has 2 unspecified atom stereocenters. The van der Waals surface area contributed by atoms with Crippen molar-refractivity contribution in [1.82, 2.24) is 4.90 Å². The first-order chi connectivity index (χ1) is 8.59. The summed E-state index contributed by atoms with van der Waals surface area (Å²) in [6.07, 6.45) is 4.79. The largest absolute Gasteiger partial charge is 0.508 e. The highest BCUT2D eigenvalue weighted by atomic mass is 16.3. The smallest absolute Gasteiger partial charge is 0.253 e. The molecule has 0 saturated heterocycles. The van der Waals surface area contributed by atoms with E-state index in [0.29, 0.717) is 17.5 Å². The van der Waals surface area contributed by atoms with E-state index in [0.717, 1.165) is 6.42 Å². The van der Waals surface area contributed by atoms with Gasteiger partial charge in [-0.1, -0.05) is 19.8 Å². The van der Waals surface area contributed by atoms with Crippen LogP contribution in [0.1, 0.15) is 43.0 Å². The summed E-state index contributed by atoms with van der Waals surface area (Å²) in [6.45, 7) is 2.23. The fourth-order valence-corrected chi connectivity index (χ4v) is 2.83. The molecule has 0 radical (unpaired) electrons. The predicted molar refractivity (Wildman–Crippen MR) is 71.6 cm³/mol. The zero-order chi connectivity index (χ0) is 13.1. The maximum absolute atomic E-state index is 12.3. The van der Waals surface area contributed by atoms with Gasteiger partial charge in [0.15, 0.2) is 0 Å². The summed E-state index contributed by atoms with van der Waals surface area (Å²) >= 11 is 0. The number of hydrogen-bond donors (Lipinski definition) is 1. The fraction of sp³-hybridized carbons (Fsp3) is 0.533. The molecule has 3 heteroatoms. The number of phenols is 1. The summed E-state index contributed by atoms with van der Waals surface area (Å²) in [6, 6.07) is 6.83. The SMILES string of the molecule is CC1CCCCC1N(C)C(=O)c1ccc(O)cc1. The number of aromatic hydroxyl groups is 1. The first kappa shape index (κ1) is 12.9. The molecule has 1 aromatic carbocycles. The Balaban J connectivity index is 2.10. The lowest BCUT2D eigenvalue weighted by molar-refractivity contribution is 0.0629. The molecular weight excluding hydrogens is 226 g/mol. The molecule has 3 nitrogen and oxygen atoms in total. The number of hydrogen-bond acceptors (Lipinski definition) is 2. The van der Waals surface area contributed by atoms with E-state index in [1.165, 1.54) is 19.3 Å². The van der Waals surface area contributed by atoms with Gasteiger partial charge in [0, 0.05) is 18.7 Å². The van der Waals surface area contributed by atoms with Crippen LogP contribution < -0.4 is 0 Å². The van der Waals surface area contributed by atoms with Crippen LogP contribution in [0.25, 0.3) is 0 Å². The van der Waals surface area contributed by atoms with Gasteiger partial charge in [-0.25, -0.2) is 0 Å². The van der Waals surface area contributed by atoms with Gasteiger partial charge in [-0.15, -0.1) is 0 Å². The molecule has 2 atom stereocenters. The van der Waals surface area contributed by atoms with Crippen LogP contribution in [0.2, 0.25) is 0 Å². The van der Waals surface area contributed by atoms with Crippen molar-refractivity contribution >= 4 is 5.91 Å². The van der Waals surface area contributed by atoms with Crippen LogP contribution in [0, 0.1) is 5.92 Å². The van der Waals surface area contributed by atoms with E-state index in [1.807, 2.05) is 11.9 Å². The minimum atomic E-state index is 0.0498. The summed E-state index contributed by atoms with van der Waals surface area (Å²) in [5.41, 5.74) is 0.646. The minimum absolute atomic E-state index is 0.0498. The molecule has 18 heavy (non-hydrogen) atoms. The molecule has 0 bridgehead atoms. The molecule has 2 rings (SSSR count). The molecule has 1 amide bonds. The molecule has 1 fully saturated rings. The second-order valence-corrected chi connectivity index (χ2v) is 5.29. The van der Waals surface area contributed by atoms with E-state index in [4.69, 9.17) is 0 Å². The Bertz CT molecular complexity index is 413. The molecule has 1 aromatic rings. The lowest BCUT2D eigenvalue weighted by atomic mass is 9.85. The number of amides is 1. The summed E-state index contributed by atoms with van der Waals surface area (Å²) < 4.78 is 0. The third-order valence-electron chi connectivity index (χ3n) is 4.00. The Morgan fingerprint density at radius 3 is 2.44 bits per heavy atom. The van der Waals surface area contributed by atoms with Crippen LogP contribution >= 0.6 is 0 Å². The summed E-state index contributed by atoms with van der Waals surface area (Å²) in [4.78, 5) is 14.2. The lowest BCUT2D eigenvalue weighted by Crippen LogP contribution is -2.42. The Hall–Kier alpha value is -1.51. The van der Waals surface area contributed by atoms with E-state index in [-0.39, 0.29) is 11.7 Å². The van der Waals surface area contributed by atoms with Gasteiger partial charge >= 0.3 is 0 Å². The van der Waals surface area contributed by atoms with E-state index >= 15 is 0 Å². The highest BCUT2D eigenvalue weighted by Gasteiger charge is 2.28. The molecule has 1 aliphatic rings. The van der Waals surface area contributed by atoms with Crippen molar-refractivity contribution in [3.8, 4) is 5.75 Å². The predicted octanol–water partition coefficient (Wildman–Crippen LogP) is 3.04. The van der Waals surface area contributed by atoms with Gasteiger partial charge in [0.2, 0.25) is 0 Å². The van der Waals surface area contributed by atoms with Crippen molar-refractivity contribution in [2.45, 2.75) is 38.6 Å². The van der Waals surface area contributed by atoms with Crippen LogP contribution in [0.3, 0.4) is 0 Å². The minimum Gasteiger partial charge on any atom is -0.508 e. The number of carbonyl (C=O) groups is 1. The molecule has 0 aromatic heterocycles. The second-order valence-electron chi connectivity index (χ2n) is 5.29. The van der Waals surface area contributed by atoms with E-state index in [9.17, 15) is 9.90 Å². The van der Waals surface area contributed by atoms with Gasteiger partial charge in [0.25, 0.3) is 5.91 Å². The quantitative estimate of drug-likeness (QED) is 0.872. The topological polar surface area (TPSA) is 40.5 Å². The summed E-state index contributed by atoms with van der Waals surface area (Å²) in [5, 5.41) is 9.24. The van der Waals surface area contributed by atoms with E-state index < -0.39 is 0 Å². The average molecular weight is 247 g/mol. The molecule has 1 N–H and O–H groups in total. The molecule has 0 aliphatic heterocycles. The van der Waals surface area contributed by atoms with Crippen molar-refractivity contribution in [2.75, 3.05) is 7.05 Å². The normalized spacial score (nSPS) is 23.7.